The Morgan fingerprint density at radius 2 is 2.13 bits per heavy atom. The maximum Gasteiger partial charge on any atom is 0.159 e. The molecule has 1 aromatic carbocycles. The third kappa shape index (κ3) is 1.70. The zero-order chi connectivity index (χ0) is 11.0. The van der Waals surface area contributed by atoms with Gasteiger partial charge in [-0.05, 0) is 40.5 Å². The van der Waals surface area contributed by atoms with E-state index in [1.165, 1.54) is 0 Å². The molecule has 0 saturated heterocycles. The van der Waals surface area contributed by atoms with Crippen molar-refractivity contribution in [1.29, 1.82) is 0 Å². The molecule has 0 amide bonds. The van der Waals surface area contributed by atoms with Crippen LogP contribution in [0.25, 0.3) is 10.9 Å². The molecule has 0 saturated carbocycles. The van der Waals surface area contributed by atoms with Gasteiger partial charge in [0, 0.05) is 11.6 Å². The molecule has 0 aliphatic rings. The fourth-order valence-corrected chi connectivity index (χ4v) is 2.16. The lowest BCUT2D eigenvalue weighted by Crippen LogP contribution is -1.91. The van der Waals surface area contributed by atoms with Crippen molar-refractivity contribution in [3.63, 3.8) is 0 Å². The summed E-state index contributed by atoms with van der Waals surface area (Å²) < 4.78 is 6.16. The molecule has 78 valence electrons. The van der Waals surface area contributed by atoms with Gasteiger partial charge < -0.3 is 4.74 Å². The zero-order valence-corrected chi connectivity index (χ0v) is 10.7. The molecular weight excluding hydrogens is 277 g/mol. The van der Waals surface area contributed by atoms with E-state index in [4.69, 9.17) is 16.3 Å². The normalized spacial score (nSPS) is 10.7. The van der Waals surface area contributed by atoms with Gasteiger partial charge in [-0.15, -0.1) is 0 Å². The fraction of sp³-hybridized carbons (Fsp3) is 0.182. The second-order valence-electron chi connectivity index (χ2n) is 3.23. The minimum atomic E-state index is 0.717. The first kappa shape index (κ1) is 10.7. The molecule has 0 radical (unpaired) electrons. The molecule has 0 aliphatic heterocycles. The molecule has 2 aromatic rings. The summed E-state index contributed by atoms with van der Waals surface area (Å²) in [5, 5.41) is 1.64. The van der Waals surface area contributed by atoms with Gasteiger partial charge in [0.05, 0.1) is 16.6 Å². The average molecular weight is 287 g/mol. The summed E-state index contributed by atoms with van der Waals surface area (Å²) in [5.41, 5.74) is 1.75. The van der Waals surface area contributed by atoms with Gasteiger partial charge in [0.2, 0.25) is 0 Å². The molecule has 0 aliphatic carbocycles. The Hall–Kier alpha value is -0.800. The highest BCUT2D eigenvalue weighted by Gasteiger charge is 2.10. The van der Waals surface area contributed by atoms with Gasteiger partial charge in [0.1, 0.15) is 5.52 Å². The molecule has 15 heavy (non-hydrogen) atoms. The molecule has 0 atom stereocenters. The van der Waals surface area contributed by atoms with E-state index in [-0.39, 0.29) is 0 Å². The Bertz CT molecular complexity index is 527. The van der Waals surface area contributed by atoms with E-state index in [1.807, 2.05) is 19.1 Å². The SMILES string of the molecule is COc1c(Br)ccc2c(Cl)c(C)cnc12. The Kier molecular flexibility index (Phi) is 2.85. The van der Waals surface area contributed by atoms with Gasteiger partial charge in [-0.2, -0.15) is 0 Å². The first-order valence-electron chi connectivity index (χ1n) is 4.42. The van der Waals surface area contributed by atoms with Crippen LogP contribution in [0, 0.1) is 6.92 Å². The largest absolute Gasteiger partial charge is 0.493 e. The van der Waals surface area contributed by atoms with Crippen molar-refractivity contribution in [2.75, 3.05) is 7.11 Å². The van der Waals surface area contributed by atoms with Gasteiger partial charge >= 0.3 is 0 Å². The summed E-state index contributed by atoms with van der Waals surface area (Å²) in [6.45, 7) is 1.93. The van der Waals surface area contributed by atoms with E-state index >= 15 is 0 Å². The number of methoxy groups -OCH3 is 1. The molecule has 4 heteroatoms. The third-order valence-electron chi connectivity index (χ3n) is 2.26. The van der Waals surface area contributed by atoms with Crippen LogP contribution in [0.1, 0.15) is 5.56 Å². The highest BCUT2D eigenvalue weighted by molar-refractivity contribution is 9.10. The number of hydrogen-bond acceptors (Lipinski definition) is 2. The minimum absolute atomic E-state index is 0.717. The predicted molar refractivity (Wildman–Crippen MR) is 65.7 cm³/mol. The minimum Gasteiger partial charge on any atom is -0.493 e. The number of nitrogens with zero attached hydrogens (tertiary/aromatic N) is 1. The quantitative estimate of drug-likeness (QED) is 0.791. The third-order valence-corrected chi connectivity index (χ3v) is 3.38. The van der Waals surface area contributed by atoms with E-state index in [9.17, 15) is 0 Å². The average Bonchev–Trinajstić information content (AvgIpc) is 2.23. The number of halogens is 2. The molecule has 0 N–H and O–H groups in total. The van der Waals surface area contributed by atoms with Crippen molar-refractivity contribution in [2.24, 2.45) is 0 Å². The van der Waals surface area contributed by atoms with Crippen molar-refractivity contribution >= 4 is 38.4 Å². The smallest absolute Gasteiger partial charge is 0.159 e. The molecule has 0 unspecified atom stereocenters. The van der Waals surface area contributed by atoms with Crippen molar-refractivity contribution in [3.8, 4) is 5.75 Å². The lowest BCUT2D eigenvalue weighted by Gasteiger charge is -2.09. The predicted octanol–water partition coefficient (Wildman–Crippen LogP) is 3.97. The van der Waals surface area contributed by atoms with E-state index < -0.39 is 0 Å². The van der Waals surface area contributed by atoms with Gasteiger partial charge in [-0.3, -0.25) is 4.98 Å². The van der Waals surface area contributed by atoms with Gasteiger partial charge in [-0.1, -0.05) is 11.6 Å². The zero-order valence-electron chi connectivity index (χ0n) is 8.34. The van der Waals surface area contributed by atoms with Crippen LogP contribution in [0.2, 0.25) is 5.02 Å². The van der Waals surface area contributed by atoms with E-state index in [0.29, 0.717) is 0 Å². The van der Waals surface area contributed by atoms with E-state index in [1.54, 1.807) is 13.3 Å². The molecule has 0 spiro atoms. The monoisotopic (exact) mass is 285 g/mol. The van der Waals surface area contributed by atoms with Crippen LogP contribution in [0.3, 0.4) is 0 Å². The molecule has 1 heterocycles. The number of hydrogen-bond donors (Lipinski definition) is 0. The summed E-state index contributed by atoms with van der Waals surface area (Å²) in [6.07, 6.45) is 1.75. The molecular formula is C11H9BrClNO. The molecule has 2 nitrogen and oxygen atoms in total. The van der Waals surface area contributed by atoms with Crippen LogP contribution >= 0.6 is 27.5 Å². The van der Waals surface area contributed by atoms with Crippen LogP contribution < -0.4 is 4.74 Å². The van der Waals surface area contributed by atoms with Crippen LogP contribution in [0.4, 0.5) is 0 Å². The fourth-order valence-electron chi connectivity index (χ4n) is 1.48. The second kappa shape index (κ2) is 3.99. The first-order chi connectivity index (χ1) is 7.15. The van der Waals surface area contributed by atoms with E-state index in [0.717, 1.165) is 31.7 Å². The summed E-state index contributed by atoms with van der Waals surface area (Å²) in [4.78, 5) is 4.33. The van der Waals surface area contributed by atoms with Crippen molar-refractivity contribution in [2.45, 2.75) is 6.92 Å². The number of fused-ring (bicyclic) bond motifs is 1. The molecule has 2 rings (SSSR count). The Labute approximate surface area is 101 Å². The van der Waals surface area contributed by atoms with Crippen LogP contribution in [0.5, 0.6) is 5.75 Å². The molecule has 0 fully saturated rings. The van der Waals surface area contributed by atoms with Gasteiger partial charge in [-0.25, -0.2) is 0 Å². The molecule has 0 bridgehead atoms. The lowest BCUT2D eigenvalue weighted by atomic mass is 10.1. The number of aromatic nitrogens is 1. The first-order valence-corrected chi connectivity index (χ1v) is 5.59. The summed E-state index contributed by atoms with van der Waals surface area (Å²) >= 11 is 9.61. The number of benzene rings is 1. The summed E-state index contributed by atoms with van der Waals surface area (Å²) in [5.74, 6) is 0.717. The number of aryl methyl sites for hydroxylation is 1. The lowest BCUT2D eigenvalue weighted by molar-refractivity contribution is 0.416. The van der Waals surface area contributed by atoms with Crippen LogP contribution in [0.15, 0.2) is 22.8 Å². The maximum absolute atomic E-state index is 6.20. The number of pyridine rings is 1. The maximum atomic E-state index is 6.20. The topological polar surface area (TPSA) is 22.1 Å². The summed E-state index contributed by atoms with van der Waals surface area (Å²) in [7, 11) is 1.62. The van der Waals surface area contributed by atoms with Crippen molar-refractivity contribution < 1.29 is 4.74 Å². The Morgan fingerprint density at radius 1 is 1.40 bits per heavy atom. The van der Waals surface area contributed by atoms with Gasteiger partial charge in [0.15, 0.2) is 5.75 Å². The van der Waals surface area contributed by atoms with Crippen molar-refractivity contribution in [3.05, 3.63) is 33.4 Å². The van der Waals surface area contributed by atoms with Crippen LogP contribution in [-0.4, -0.2) is 12.1 Å². The number of ether oxygens (including phenoxy) is 1. The standard InChI is InChI=1S/C11H9BrClNO/c1-6-5-14-10-7(9(6)13)3-4-8(12)11(10)15-2/h3-5H,1-2H3. The van der Waals surface area contributed by atoms with E-state index in [2.05, 4.69) is 20.9 Å². The molecule has 1 aromatic heterocycles. The van der Waals surface area contributed by atoms with Gasteiger partial charge in [0.25, 0.3) is 0 Å². The van der Waals surface area contributed by atoms with Crippen molar-refractivity contribution in [1.82, 2.24) is 4.98 Å². The highest BCUT2D eigenvalue weighted by Crippen LogP contribution is 2.35. The van der Waals surface area contributed by atoms with Crippen LogP contribution in [-0.2, 0) is 0 Å². The Balaban J connectivity index is 2.89. The highest BCUT2D eigenvalue weighted by atomic mass is 79.9. The summed E-state index contributed by atoms with van der Waals surface area (Å²) in [6, 6.07) is 3.85. The second-order valence-corrected chi connectivity index (χ2v) is 4.46. The number of rotatable bonds is 1. The Morgan fingerprint density at radius 3 is 2.80 bits per heavy atom.